The van der Waals surface area contributed by atoms with Crippen molar-refractivity contribution in [2.45, 2.75) is 57.3 Å². The van der Waals surface area contributed by atoms with Crippen molar-refractivity contribution >= 4 is 38.3 Å². The number of halogens is 1. The van der Waals surface area contributed by atoms with E-state index in [4.69, 9.17) is 0 Å². The summed E-state index contributed by atoms with van der Waals surface area (Å²) in [5.41, 5.74) is 2.77. The summed E-state index contributed by atoms with van der Waals surface area (Å²) < 4.78 is 29.2. The molecule has 0 heterocycles. The van der Waals surface area contributed by atoms with E-state index in [0.29, 0.717) is 10.6 Å². The Kier molecular flexibility index (Phi) is 6.54. The third kappa shape index (κ3) is 5.45. The van der Waals surface area contributed by atoms with E-state index in [9.17, 15) is 8.42 Å². The maximum absolute atomic E-state index is 12.8. The smallest absolute Gasteiger partial charge is 0.261 e. The summed E-state index contributed by atoms with van der Waals surface area (Å²) in [6.45, 7) is 8.39. The highest BCUT2D eigenvalue weighted by Crippen LogP contribution is 2.27. The predicted molar refractivity (Wildman–Crippen MR) is 114 cm³/mol. The molecule has 0 radical (unpaired) electrons. The molecule has 0 spiro atoms. The minimum atomic E-state index is -3.60. The molecule has 2 rings (SSSR count). The Morgan fingerprint density at radius 1 is 1.08 bits per heavy atom. The molecular formula is C20H26INO2S. The molecule has 1 N–H and O–H groups in total. The topological polar surface area (TPSA) is 46.2 Å². The fourth-order valence-corrected chi connectivity index (χ4v) is 4.53. The van der Waals surface area contributed by atoms with Gasteiger partial charge in [0.15, 0.2) is 0 Å². The van der Waals surface area contributed by atoms with Crippen LogP contribution in [0, 0.1) is 3.57 Å². The van der Waals surface area contributed by atoms with Gasteiger partial charge in [-0.3, -0.25) is 4.72 Å². The van der Waals surface area contributed by atoms with Gasteiger partial charge in [-0.2, -0.15) is 0 Å². The van der Waals surface area contributed by atoms with Crippen LogP contribution in [0.1, 0.15) is 51.7 Å². The van der Waals surface area contributed by atoms with Gasteiger partial charge in [-0.05, 0) is 76.2 Å². The van der Waals surface area contributed by atoms with Crippen molar-refractivity contribution in [2.24, 2.45) is 0 Å². The number of nitrogens with one attached hydrogen (secondary N) is 1. The molecule has 3 nitrogen and oxygen atoms in total. The SMILES string of the molecule is CCCCc1ccc(NS(=O)(=O)c2cccc(C(C)(C)C)c2)c(I)c1. The molecule has 0 amide bonds. The van der Waals surface area contributed by atoms with Crippen LogP contribution in [0.25, 0.3) is 0 Å². The van der Waals surface area contributed by atoms with Gasteiger partial charge in [0.2, 0.25) is 0 Å². The van der Waals surface area contributed by atoms with Gasteiger partial charge in [-0.25, -0.2) is 8.42 Å². The average molecular weight is 471 g/mol. The fraction of sp³-hybridized carbons (Fsp3) is 0.400. The van der Waals surface area contributed by atoms with Crippen LogP contribution in [0.2, 0.25) is 0 Å². The van der Waals surface area contributed by atoms with Gasteiger partial charge in [0.1, 0.15) is 0 Å². The maximum Gasteiger partial charge on any atom is 0.261 e. The van der Waals surface area contributed by atoms with E-state index >= 15 is 0 Å². The van der Waals surface area contributed by atoms with E-state index in [0.717, 1.165) is 28.4 Å². The van der Waals surface area contributed by atoms with E-state index in [2.05, 4.69) is 61.1 Å². The normalized spacial score (nSPS) is 12.2. The molecule has 0 saturated heterocycles. The van der Waals surface area contributed by atoms with Crippen LogP contribution in [0.15, 0.2) is 47.4 Å². The summed E-state index contributed by atoms with van der Waals surface area (Å²) in [5.74, 6) is 0. The average Bonchev–Trinajstić information content (AvgIpc) is 2.54. The second-order valence-corrected chi connectivity index (χ2v) is 10.1. The molecule has 0 unspecified atom stereocenters. The van der Waals surface area contributed by atoms with Crippen molar-refractivity contribution in [2.75, 3.05) is 4.72 Å². The van der Waals surface area contributed by atoms with Gasteiger partial charge in [0, 0.05) is 3.57 Å². The Bertz CT molecular complexity index is 839. The molecule has 0 aromatic heterocycles. The summed E-state index contributed by atoms with van der Waals surface area (Å²) in [4.78, 5) is 0.297. The zero-order chi connectivity index (χ0) is 18.7. The number of benzene rings is 2. The highest BCUT2D eigenvalue weighted by atomic mass is 127. The summed E-state index contributed by atoms with van der Waals surface area (Å²) in [5, 5.41) is 0. The molecule has 0 bridgehead atoms. The largest absolute Gasteiger partial charge is 0.279 e. The van der Waals surface area contributed by atoms with Crippen LogP contribution in [0.4, 0.5) is 5.69 Å². The first-order valence-corrected chi connectivity index (χ1v) is 11.1. The van der Waals surface area contributed by atoms with Gasteiger partial charge in [-0.1, -0.05) is 52.3 Å². The quantitative estimate of drug-likeness (QED) is 0.547. The molecule has 0 aliphatic carbocycles. The Labute approximate surface area is 165 Å². The third-order valence-electron chi connectivity index (χ3n) is 4.11. The minimum Gasteiger partial charge on any atom is -0.279 e. The van der Waals surface area contributed by atoms with Crippen LogP contribution in [-0.4, -0.2) is 8.42 Å². The Balaban J connectivity index is 2.27. The summed E-state index contributed by atoms with van der Waals surface area (Å²) in [6.07, 6.45) is 3.31. The standard InChI is InChI=1S/C20H26INO2S/c1-5-6-8-15-11-12-19(18(21)13-15)22-25(23,24)17-10-7-9-16(14-17)20(2,3)4/h7,9-14,22H,5-6,8H2,1-4H3. The highest BCUT2D eigenvalue weighted by Gasteiger charge is 2.20. The predicted octanol–water partition coefficient (Wildman–Crippen LogP) is 5.73. The van der Waals surface area contributed by atoms with Gasteiger partial charge in [0.05, 0.1) is 10.6 Å². The molecular weight excluding hydrogens is 445 g/mol. The Hall–Kier alpha value is -1.08. The number of aryl methyl sites for hydroxylation is 1. The lowest BCUT2D eigenvalue weighted by Gasteiger charge is -2.20. The highest BCUT2D eigenvalue weighted by molar-refractivity contribution is 14.1. The van der Waals surface area contributed by atoms with Crippen molar-refractivity contribution in [3.05, 3.63) is 57.2 Å². The number of rotatable bonds is 6. The molecule has 2 aromatic rings. The van der Waals surface area contributed by atoms with Crippen molar-refractivity contribution in [3.63, 3.8) is 0 Å². The van der Waals surface area contributed by atoms with Gasteiger partial charge < -0.3 is 0 Å². The van der Waals surface area contributed by atoms with Crippen molar-refractivity contribution < 1.29 is 8.42 Å². The number of anilines is 1. The van der Waals surface area contributed by atoms with Crippen molar-refractivity contribution in [1.29, 1.82) is 0 Å². The molecule has 25 heavy (non-hydrogen) atoms. The van der Waals surface area contributed by atoms with E-state index in [1.165, 1.54) is 5.56 Å². The molecule has 0 aliphatic rings. The number of hydrogen-bond acceptors (Lipinski definition) is 2. The van der Waals surface area contributed by atoms with Crippen LogP contribution in [-0.2, 0) is 21.9 Å². The second-order valence-electron chi connectivity index (χ2n) is 7.30. The summed E-state index contributed by atoms with van der Waals surface area (Å²) in [6, 6.07) is 13.1. The first kappa shape index (κ1) is 20.2. The minimum absolute atomic E-state index is 0.0963. The lowest BCUT2D eigenvalue weighted by Crippen LogP contribution is -2.16. The second kappa shape index (κ2) is 8.08. The van der Waals surface area contributed by atoms with E-state index < -0.39 is 10.0 Å². The molecule has 0 fully saturated rings. The molecule has 5 heteroatoms. The van der Waals surface area contributed by atoms with Crippen LogP contribution in [0.3, 0.4) is 0 Å². The van der Waals surface area contributed by atoms with E-state index in [1.54, 1.807) is 18.2 Å². The Morgan fingerprint density at radius 3 is 2.40 bits per heavy atom. The first-order chi connectivity index (χ1) is 11.6. The Morgan fingerprint density at radius 2 is 1.80 bits per heavy atom. The number of sulfonamides is 1. The van der Waals surface area contributed by atoms with Gasteiger partial charge in [0.25, 0.3) is 10.0 Å². The molecule has 136 valence electrons. The monoisotopic (exact) mass is 471 g/mol. The molecule has 2 aromatic carbocycles. The molecule has 0 aliphatic heterocycles. The number of hydrogen-bond donors (Lipinski definition) is 1. The van der Waals surface area contributed by atoms with E-state index in [1.807, 2.05) is 18.2 Å². The van der Waals surface area contributed by atoms with Gasteiger partial charge >= 0.3 is 0 Å². The first-order valence-electron chi connectivity index (χ1n) is 8.55. The third-order valence-corrected chi connectivity index (χ3v) is 6.36. The van der Waals surface area contributed by atoms with Crippen molar-refractivity contribution in [3.8, 4) is 0 Å². The molecule has 0 atom stereocenters. The van der Waals surface area contributed by atoms with Gasteiger partial charge in [-0.15, -0.1) is 0 Å². The van der Waals surface area contributed by atoms with Crippen molar-refractivity contribution in [1.82, 2.24) is 0 Å². The van der Waals surface area contributed by atoms with Crippen LogP contribution in [0.5, 0.6) is 0 Å². The van der Waals surface area contributed by atoms with Crippen LogP contribution < -0.4 is 4.72 Å². The zero-order valence-corrected chi connectivity index (χ0v) is 18.2. The van der Waals surface area contributed by atoms with E-state index in [-0.39, 0.29) is 5.41 Å². The zero-order valence-electron chi connectivity index (χ0n) is 15.3. The number of unbranched alkanes of at least 4 members (excludes halogenated alkanes) is 1. The van der Waals surface area contributed by atoms with Crippen LogP contribution >= 0.6 is 22.6 Å². The fourth-order valence-electron chi connectivity index (χ4n) is 2.51. The summed E-state index contributed by atoms with van der Waals surface area (Å²) >= 11 is 2.19. The lowest BCUT2D eigenvalue weighted by molar-refractivity contribution is 0.585. The molecule has 0 saturated carbocycles. The maximum atomic E-state index is 12.8. The lowest BCUT2D eigenvalue weighted by atomic mass is 9.87. The summed E-state index contributed by atoms with van der Waals surface area (Å²) in [7, 11) is -3.60.